The highest BCUT2D eigenvalue weighted by Crippen LogP contribution is 2.29. The van der Waals surface area contributed by atoms with E-state index in [0.717, 1.165) is 16.8 Å². The third-order valence-electron chi connectivity index (χ3n) is 5.76. The van der Waals surface area contributed by atoms with E-state index in [1.54, 1.807) is 47.1 Å². The van der Waals surface area contributed by atoms with Gasteiger partial charge in [0.05, 0.1) is 17.3 Å². The number of aromatic nitrogens is 3. The first kappa shape index (κ1) is 22.7. The van der Waals surface area contributed by atoms with Gasteiger partial charge in [0.2, 0.25) is 0 Å². The van der Waals surface area contributed by atoms with Gasteiger partial charge in [0.1, 0.15) is 19.4 Å². The van der Waals surface area contributed by atoms with Crippen LogP contribution in [0.2, 0.25) is 0 Å². The van der Waals surface area contributed by atoms with Crippen LogP contribution in [0.4, 0.5) is 11.5 Å². The average molecular weight is 472 g/mol. The highest BCUT2D eigenvalue weighted by Gasteiger charge is 2.13. The van der Waals surface area contributed by atoms with E-state index in [4.69, 9.17) is 10.2 Å². The number of fused-ring (bicyclic) bond motifs is 1. The van der Waals surface area contributed by atoms with Gasteiger partial charge in [0.15, 0.2) is 5.65 Å². The maximum atomic E-state index is 12.6. The third kappa shape index (κ3) is 4.61. The lowest BCUT2D eigenvalue weighted by Gasteiger charge is -2.13. The van der Waals surface area contributed by atoms with Crippen molar-refractivity contribution in [3.05, 3.63) is 102 Å². The fraction of sp³-hybridized carbons (Fsp3) is 0.0370. The fourth-order valence-electron chi connectivity index (χ4n) is 3.88. The lowest BCUT2D eigenvalue weighted by Crippen LogP contribution is -2.12. The Morgan fingerprint density at radius 1 is 1.06 bits per heavy atom. The summed E-state index contributed by atoms with van der Waals surface area (Å²) in [6.07, 6.45) is 1.75. The van der Waals surface area contributed by atoms with Crippen LogP contribution in [0.15, 0.2) is 85.1 Å². The number of phenolic OH excluding ortho intramolecular Hbond substituents is 1. The number of aromatic hydroxyl groups is 1. The van der Waals surface area contributed by atoms with Gasteiger partial charge >= 0.3 is 0 Å². The molecular weight excluding hydrogens is 451 g/mol. The number of benzene rings is 3. The Balaban J connectivity index is 1.37. The van der Waals surface area contributed by atoms with E-state index in [1.807, 2.05) is 56.4 Å². The van der Waals surface area contributed by atoms with E-state index in [9.17, 15) is 9.90 Å². The summed E-state index contributed by atoms with van der Waals surface area (Å²) in [6.45, 7) is 0.471. The van der Waals surface area contributed by atoms with Crippen molar-refractivity contribution >= 4 is 36.4 Å². The van der Waals surface area contributed by atoms with E-state index in [1.165, 1.54) is 0 Å². The van der Waals surface area contributed by atoms with Crippen molar-refractivity contribution in [1.82, 2.24) is 14.6 Å². The molecule has 0 aliphatic rings. The standard InChI is InChI=1S/C27H21BN6O2/c28-22-16-31-34-25(13-23(33-26(22)34)21-6-1-2-7-24(21)35)30-15-18-4-3-5-20(12-18)32-27(36)19-10-8-17(14-29)9-11-19/h1-13,16,30,35H,15,28H2,(H,32,36). The predicted molar refractivity (Wildman–Crippen MR) is 141 cm³/mol. The molecule has 0 atom stereocenters. The lowest BCUT2D eigenvalue weighted by atomic mass is 10.0. The molecule has 8 nitrogen and oxygen atoms in total. The number of amides is 1. The van der Waals surface area contributed by atoms with Crippen molar-refractivity contribution in [2.45, 2.75) is 6.54 Å². The molecule has 0 aliphatic heterocycles. The molecule has 174 valence electrons. The van der Waals surface area contributed by atoms with Crippen molar-refractivity contribution in [1.29, 1.82) is 5.26 Å². The summed E-state index contributed by atoms with van der Waals surface area (Å²) in [5.41, 5.74) is 5.47. The number of carbonyl (C=O) groups excluding carboxylic acids is 1. The van der Waals surface area contributed by atoms with Crippen LogP contribution < -0.4 is 16.1 Å². The SMILES string of the molecule is Bc1cnn2c(NCc3cccc(NC(=O)c4ccc(C#N)cc4)c3)cc(-c3ccccc3O)nc12. The van der Waals surface area contributed by atoms with Gasteiger partial charge in [-0.1, -0.05) is 24.3 Å². The summed E-state index contributed by atoms with van der Waals surface area (Å²) in [7, 11) is 1.94. The Hall–Kier alpha value is -5.10. The van der Waals surface area contributed by atoms with Gasteiger partial charge in [-0.2, -0.15) is 14.9 Å². The molecule has 0 unspecified atom stereocenters. The van der Waals surface area contributed by atoms with E-state index < -0.39 is 0 Å². The van der Waals surface area contributed by atoms with E-state index >= 15 is 0 Å². The van der Waals surface area contributed by atoms with Crippen molar-refractivity contribution in [3.8, 4) is 23.1 Å². The molecule has 0 spiro atoms. The van der Waals surface area contributed by atoms with Crippen LogP contribution in [-0.2, 0) is 6.54 Å². The predicted octanol–water partition coefficient (Wildman–Crippen LogP) is 3.10. The molecule has 9 heteroatoms. The quantitative estimate of drug-likeness (QED) is 0.327. The summed E-state index contributed by atoms with van der Waals surface area (Å²) >= 11 is 0. The number of hydrogen-bond donors (Lipinski definition) is 3. The van der Waals surface area contributed by atoms with Crippen molar-refractivity contribution in [2.75, 3.05) is 10.6 Å². The molecule has 0 saturated carbocycles. The highest BCUT2D eigenvalue weighted by molar-refractivity contribution is 6.36. The van der Waals surface area contributed by atoms with Crippen LogP contribution in [0.3, 0.4) is 0 Å². The molecule has 1 amide bonds. The Labute approximate surface area is 208 Å². The summed E-state index contributed by atoms with van der Waals surface area (Å²) < 4.78 is 1.73. The number of nitrogens with one attached hydrogen (secondary N) is 2. The van der Waals surface area contributed by atoms with Crippen LogP contribution in [0.25, 0.3) is 16.9 Å². The summed E-state index contributed by atoms with van der Waals surface area (Å²) in [4.78, 5) is 17.3. The fourth-order valence-corrected chi connectivity index (χ4v) is 3.88. The molecular formula is C27H21BN6O2. The second kappa shape index (κ2) is 9.64. The Kier molecular flexibility index (Phi) is 6.08. The Morgan fingerprint density at radius 2 is 1.86 bits per heavy atom. The Morgan fingerprint density at radius 3 is 2.64 bits per heavy atom. The number of phenols is 1. The average Bonchev–Trinajstić information content (AvgIpc) is 3.28. The summed E-state index contributed by atoms with van der Waals surface area (Å²) in [5.74, 6) is 0.626. The normalized spacial score (nSPS) is 10.6. The van der Waals surface area contributed by atoms with Gasteiger partial charge in [0, 0.05) is 35.6 Å². The minimum Gasteiger partial charge on any atom is -0.507 e. The number of hydrogen-bond acceptors (Lipinski definition) is 6. The molecule has 2 aromatic heterocycles. The molecule has 5 rings (SSSR count). The number of carbonyl (C=O) groups is 1. The summed E-state index contributed by atoms with van der Waals surface area (Å²) in [5, 5.41) is 30.0. The molecule has 3 aromatic carbocycles. The highest BCUT2D eigenvalue weighted by atomic mass is 16.3. The van der Waals surface area contributed by atoms with Gasteiger partial charge < -0.3 is 15.7 Å². The largest absolute Gasteiger partial charge is 0.507 e. The van der Waals surface area contributed by atoms with Crippen LogP contribution >= 0.6 is 0 Å². The second-order valence-corrected chi connectivity index (χ2v) is 8.30. The zero-order valence-electron chi connectivity index (χ0n) is 19.4. The lowest BCUT2D eigenvalue weighted by molar-refractivity contribution is 0.102. The molecule has 0 bridgehead atoms. The number of nitrogens with zero attached hydrogens (tertiary/aromatic N) is 4. The molecule has 36 heavy (non-hydrogen) atoms. The second-order valence-electron chi connectivity index (χ2n) is 8.30. The van der Waals surface area contributed by atoms with Crippen molar-refractivity contribution < 1.29 is 9.90 Å². The Bertz CT molecular complexity index is 1620. The van der Waals surface area contributed by atoms with Gasteiger partial charge in [-0.3, -0.25) is 4.79 Å². The zero-order chi connectivity index (χ0) is 25.1. The smallest absolute Gasteiger partial charge is 0.255 e. The first-order valence-corrected chi connectivity index (χ1v) is 11.3. The van der Waals surface area contributed by atoms with Crippen LogP contribution in [0.1, 0.15) is 21.5 Å². The molecule has 0 saturated heterocycles. The maximum absolute atomic E-state index is 12.6. The zero-order valence-corrected chi connectivity index (χ0v) is 19.4. The first-order chi connectivity index (χ1) is 17.5. The third-order valence-corrected chi connectivity index (χ3v) is 5.76. The van der Waals surface area contributed by atoms with Gasteiger partial charge in [-0.25, -0.2) is 4.98 Å². The number of anilines is 2. The van der Waals surface area contributed by atoms with Crippen LogP contribution in [0.5, 0.6) is 5.75 Å². The molecule has 2 heterocycles. The molecule has 3 N–H and O–H groups in total. The minimum atomic E-state index is -0.250. The van der Waals surface area contributed by atoms with Gasteiger partial charge in [0.25, 0.3) is 5.91 Å². The van der Waals surface area contributed by atoms with Crippen molar-refractivity contribution in [2.24, 2.45) is 0 Å². The topological polar surface area (TPSA) is 115 Å². The van der Waals surface area contributed by atoms with E-state index in [0.29, 0.717) is 40.3 Å². The van der Waals surface area contributed by atoms with E-state index in [-0.39, 0.29) is 11.7 Å². The first-order valence-electron chi connectivity index (χ1n) is 11.3. The monoisotopic (exact) mass is 472 g/mol. The number of nitriles is 1. The van der Waals surface area contributed by atoms with Crippen molar-refractivity contribution in [3.63, 3.8) is 0 Å². The number of para-hydroxylation sites is 1. The molecule has 0 fully saturated rings. The molecule has 0 aliphatic carbocycles. The van der Waals surface area contributed by atoms with Gasteiger partial charge in [-0.15, -0.1) is 0 Å². The molecule has 5 aromatic rings. The maximum Gasteiger partial charge on any atom is 0.255 e. The van der Waals surface area contributed by atoms with Crippen LogP contribution in [-0.4, -0.2) is 33.5 Å². The minimum absolute atomic E-state index is 0.156. The molecule has 0 radical (unpaired) electrons. The number of rotatable bonds is 6. The summed E-state index contributed by atoms with van der Waals surface area (Å²) in [6, 6.07) is 25.0. The van der Waals surface area contributed by atoms with Crippen LogP contribution in [0, 0.1) is 11.3 Å². The van der Waals surface area contributed by atoms with Gasteiger partial charge in [-0.05, 0) is 59.6 Å². The van der Waals surface area contributed by atoms with E-state index in [2.05, 4.69) is 15.7 Å².